The Bertz CT molecular complexity index is 744. The fourth-order valence-corrected chi connectivity index (χ4v) is 3.17. The van der Waals surface area contributed by atoms with Crippen LogP contribution in [0, 0.1) is 0 Å². The molecule has 0 saturated carbocycles. The van der Waals surface area contributed by atoms with Gasteiger partial charge in [-0.25, -0.2) is 9.97 Å². The molecule has 5 nitrogen and oxygen atoms in total. The summed E-state index contributed by atoms with van der Waals surface area (Å²) in [5.41, 5.74) is 2.30. The fraction of sp³-hybridized carbons (Fsp3) is 0.263. The molecule has 1 aromatic carbocycles. The first-order chi connectivity index (χ1) is 11.9. The van der Waals surface area contributed by atoms with Gasteiger partial charge < -0.3 is 14.8 Å². The van der Waals surface area contributed by atoms with Gasteiger partial charge in [0.2, 0.25) is 0 Å². The lowest BCUT2D eigenvalue weighted by Crippen LogP contribution is -2.39. The Hall–Kier alpha value is -2.82. The molecule has 5 heteroatoms. The van der Waals surface area contributed by atoms with Gasteiger partial charge in [0, 0.05) is 49.1 Å². The maximum absolute atomic E-state index is 4.44. The van der Waals surface area contributed by atoms with E-state index in [1.165, 1.54) is 5.69 Å². The molecule has 1 aliphatic heterocycles. The zero-order valence-electron chi connectivity index (χ0n) is 13.5. The Morgan fingerprint density at radius 3 is 2.46 bits per heavy atom. The second-order valence-corrected chi connectivity index (χ2v) is 6.11. The second kappa shape index (κ2) is 6.74. The molecule has 0 radical (unpaired) electrons. The number of benzene rings is 1. The average molecular weight is 319 g/mol. The van der Waals surface area contributed by atoms with E-state index in [2.05, 4.69) is 56.6 Å². The molecule has 1 aliphatic rings. The standard InChI is InChI=1S/C19H21N5/c1-2-10-21-19(3-1)23-12-8-17(9-13-23)22-16-4-6-18(7-5-16)24-14-11-20-15-24/h1-7,10-11,14-15,17,22H,8-9,12-13H2. The molecular formula is C19H21N5. The number of hydrogen-bond acceptors (Lipinski definition) is 4. The summed E-state index contributed by atoms with van der Waals surface area (Å²) in [4.78, 5) is 10.9. The van der Waals surface area contributed by atoms with Gasteiger partial charge >= 0.3 is 0 Å². The number of piperidine rings is 1. The third kappa shape index (κ3) is 3.25. The van der Waals surface area contributed by atoms with Crippen LogP contribution in [-0.2, 0) is 0 Å². The van der Waals surface area contributed by atoms with Crippen LogP contribution in [-0.4, -0.2) is 33.7 Å². The largest absolute Gasteiger partial charge is 0.382 e. The summed E-state index contributed by atoms with van der Waals surface area (Å²) >= 11 is 0. The van der Waals surface area contributed by atoms with E-state index < -0.39 is 0 Å². The van der Waals surface area contributed by atoms with Crippen molar-refractivity contribution < 1.29 is 0 Å². The van der Waals surface area contributed by atoms with Gasteiger partial charge in [-0.1, -0.05) is 6.07 Å². The Kier molecular flexibility index (Phi) is 4.14. The number of pyridine rings is 1. The van der Waals surface area contributed by atoms with Crippen LogP contribution in [0.2, 0.25) is 0 Å². The molecule has 0 atom stereocenters. The van der Waals surface area contributed by atoms with Crippen LogP contribution in [0.3, 0.4) is 0 Å². The predicted octanol–water partition coefficient (Wildman–Crippen LogP) is 3.35. The van der Waals surface area contributed by atoms with Gasteiger partial charge in [0.15, 0.2) is 0 Å². The molecule has 1 fully saturated rings. The summed E-state index contributed by atoms with van der Waals surface area (Å²) in [7, 11) is 0. The minimum atomic E-state index is 0.518. The maximum atomic E-state index is 4.44. The molecular weight excluding hydrogens is 298 g/mol. The lowest BCUT2D eigenvalue weighted by atomic mass is 10.0. The summed E-state index contributed by atoms with van der Waals surface area (Å²) in [5, 5.41) is 3.65. The van der Waals surface area contributed by atoms with Crippen LogP contribution in [0.1, 0.15) is 12.8 Å². The van der Waals surface area contributed by atoms with Crippen molar-refractivity contribution in [1.82, 2.24) is 14.5 Å². The molecule has 2 aromatic heterocycles. The van der Waals surface area contributed by atoms with E-state index >= 15 is 0 Å². The molecule has 0 spiro atoms. The van der Waals surface area contributed by atoms with Crippen LogP contribution in [0.4, 0.5) is 11.5 Å². The summed E-state index contributed by atoms with van der Waals surface area (Å²) in [6.07, 6.45) is 9.67. The molecule has 122 valence electrons. The van der Waals surface area contributed by atoms with Crippen molar-refractivity contribution in [2.24, 2.45) is 0 Å². The fourth-order valence-electron chi connectivity index (χ4n) is 3.17. The summed E-state index contributed by atoms with van der Waals surface area (Å²) in [6.45, 7) is 2.09. The molecule has 0 amide bonds. The van der Waals surface area contributed by atoms with Gasteiger partial charge in [0.25, 0.3) is 0 Å². The minimum absolute atomic E-state index is 0.518. The van der Waals surface area contributed by atoms with Crippen LogP contribution in [0.5, 0.6) is 0 Å². The number of nitrogens with one attached hydrogen (secondary N) is 1. The zero-order chi connectivity index (χ0) is 16.2. The van der Waals surface area contributed by atoms with Crippen molar-refractivity contribution in [3.8, 4) is 5.69 Å². The monoisotopic (exact) mass is 319 g/mol. The minimum Gasteiger partial charge on any atom is -0.382 e. The average Bonchev–Trinajstić information content (AvgIpc) is 3.18. The Morgan fingerprint density at radius 2 is 1.79 bits per heavy atom. The first kappa shape index (κ1) is 14.8. The summed E-state index contributed by atoms with van der Waals surface area (Å²) < 4.78 is 2.01. The van der Waals surface area contributed by atoms with E-state index in [-0.39, 0.29) is 0 Å². The van der Waals surface area contributed by atoms with Gasteiger partial charge in [0.05, 0.1) is 6.33 Å². The van der Waals surface area contributed by atoms with Crippen molar-refractivity contribution in [1.29, 1.82) is 0 Å². The third-order valence-corrected chi connectivity index (χ3v) is 4.51. The van der Waals surface area contributed by atoms with Crippen molar-refractivity contribution in [3.05, 3.63) is 67.4 Å². The highest BCUT2D eigenvalue weighted by molar-refractivity contribution is 5.49. The number of anilines is 2. The smallest absolute Gasteiger partial charge is 0.128 e. The van der Waals surface area contributed by atoms with Gasteiger partial charge in [0.1, 0.15) is 5.82 Å². The van der Waals surface area contributed by atoms with E-state index in [0.717, 1.165) is 37.4 Å². The number of hydrogen-bond donors (Lipinski definition) is 1. The normalized spacial score (nSPS) is 15.4. The first-order valence-electron chi connectivity index (χ1n) is 8.39. The summed E-state index contributed by atoms with van der Waals surface area (Å²) in [5.74, 6) is 1.08. The van der Waals surface area contributed by atoms with Crippen LogP contribution in [0.15, 0.2) is 67.4 Å². The quantitative estimate of drug-likeness (QED) is 0.801. The highest BCUT2D eigenvalue weighted by Crippen LogP contribution is 2.21. The van der Waals surface area contributed by atoms with Crippen molar-refractivity contribution >= 4 is 11.5 Å². The lowest BCUT2D eigenvalue weighted by Gasteiger charge is -2.33. The van der Waals surface area contributed by atoms with Gasteiger partial charge in [-0.05, 0) is 49.2 Å². The van der Waals surface area contributed by atoms with E-state index in [0.29, 0.717) is 6.04 Å². The number of aromatic nitrogens is 3. The molecule has 3 heterocycles. The van der Waals surface area contributed by atoms with Crippen LogP contribution in [0.25, 0.3) is 5.69 Å². The molecule has 1 N–H and O–H groups in total. The maximum Gasteiger partial charge on any atom is 0.128 e. The number of rotatable bonds is 4. The zero-order valence-corrected chi connectivity index (χ0v) is 13.5. The first-order valence-corrected chi connectivity index (χ1v) is 8.39. The van der Waals surface area contributed by atoms with Crippen LogP contribution < -0.4 is 10.2 Å². The van der Waals surface area contributed by atoms with Crippen molar-refractivity contribution in [2.45, 2.75) is 18.9 Å². The Labute approximate surface area is 142 Å². The summed E-state index contributed by atoms with van der Waals surface area (Å²) in [6, 6.07) is 15.1. The molecule has 1 saturated heterocycles. The highest BCUT2D eigenvalue weighted by atomic mass is 15.2. The third-order valence-electron chi connectivity index (χ3n) is 4.51. The highest BCUT2D eigenvalue weighted by Gasteiger charge is 2.19. The van der Waals surface area contributed by atoms with E-state index in [1.807, 2.05) is 29.4 Å². The van der Waals surface area contributed by atoms with E-state index in [1.54, 1.807) is 6.20 Å². The Balaban J connectivity index is 1.34. The lowest BCUT2D eigenvalue weighted by molar-refractivity contribution is 0.523. The van der Waals surface area contributed by atoms with Crippen LogP contribution >= 0.6 is 0 Å². The second-order valence-electron chi connectivity index (χ2n) is 6.11. The molecule has 0 unspecified atom stereocenters. The SMILES string of the molecule is c1ccc(N2CCC(Nc3ccc(-n4ccnc4)cc3)CC2)nc1. The molecule has 24 heavy (non-hydrogen) atoms. The molecule has 3 aromatic rings. The number of nitrogens with zero attached hydrogens (tertiary/aromatic N) is 4. The van der Waals surface area contributed by atoms with Gasteiger partial charge in [-0.15, -0.1) is 0 Å². The van der Waals surface area contributed by atoms with E-state index in [9.17, 15) is 0 Å². The molecule has 0 bridgehead atoms. The van der Waals surface area contributed by atoms with Crippen molar-refractivity contribution in [3.63, 3.8) is 0 Å². The topological polar surface area (TPSA) is 46.0 Å². The Morgan fingerprint density at radius 1 is 0.958 bits per heavy atom. The molecule has 0 aliphatic carbocycles. The van der Waals surface area contributed by atoms with Crippen molar-refractivity contribution in [2.75, 3.05) is 23.3 Å². The van der Waals surface area contributed by atoms with E-state index in [4.69, 9.17) is 0 Å². The van der Waals surface area contributed by atoms with Gasteiger partial charge in [-0.2, -0.15) is 0 Å². The predicted molar refractivity (Wildman–Crippen MR) is 96.7 cm³/mol. The van der Waals surface area contributed by atoms with Gasteiger partial charge in [-0.3, -0.25) is 0 Å². The number of imidazole rings is 1. The molecule has 4 rings (SSSR count).